The minimum atomic E-state index is -3.40. The van der Waals surface area contributed by atoms with Crippen LogP contribution in [0.5, 0.6) is 0 Å². The molecule has 1 aromatic carbocycles. The third-order valence-corrected chi connectivity index (χ3v) is 5.65. The number of benzene rings is 1. The van der Waals surface area contributed by atoms with Gasteiger partial charge >= 0.3 is 0 Å². The van der Waals surface area contributed by atoms with Crippen molar-refractivity contribution in [3.05, 3.63) is 29.8 Å². The molecule has 0 saturated carbocycles. The third-order valence-electron chi connectivity index (χ3n) is 3.81. The highest BCUT2D eigenvalue weighted by Crippen LogP contribution is 2.29. The van der Waals surface area contributed by atoms with Gasteiger partial charge < -0.3 is 10.5 Å². The zero-order chi connectivity index (χ0) is 13.5. The summed E-state index contributed by atoms with van der Waals surface area (Å²) in [7, 11) is -3.40. The minimum absolute atomic E-state index is 0.0665. The largest absolute Gasteiger partial charge is 0.372 e. The Morgan fingerprint density at radius 1 is 1.16 bits per heavy atom. The zero-order valence-corrected chi connectivity index (χ0v) is 11.5. The smallest absolute Gasteiger partial charge is 0.243 e. The molecule has 2 bridgehead atoms. The average Bonchev–Trinajstić information content (AvgIpc) is 2.77. The molecule has 0 aromatic heterocycles. The molecule has 6 heteroatoms. The lowest BCUT2D eigenvalue weighted by Gasteiger charge is -2.31. The van der Waals surface area contributed by atoms with Crippen LogP contribution in [-0.4, -0.2) is 38.0 Å². The van der Waals surface area contributed by atoms with Gasteiger partial charge in [0.05, 0.1) is 17.1 Å². The van der Waals surface area contributed by atoms with Crippen LogP contribution in [0.15, 0.2) is 29.2 Å². The van der Waals surface area contributed by atoms with Crippen molar-refractivity contribution < 1.29 is 13.2 Å². The summed E-state index contributed by atoms with van der Waals surface area (Å²) in [6.45, 7) is 1.36. The van der Waals surface area contributed by atoms with Crippen LogP contribution >= 0.6 is 0 Å². The fourth-order valence-corrected chi connectivity index (χ4v) is 4.22. The molecule has 2 atom stereocenters. The van der Waals surface area contributed by atoms with E-state index in [1.807, 2.05) is 0 Å². The van der Waals surface area contributed by atoms with Crippen molar-refractivity contribution >= 4 is 10.0 Å². The van der Waals surface area contributed by atoms with Gasteiger partial charge in [0.1, 0.15) is 0 Å². The molecular weight excluding hydrogens is 264 g/mol. The van der Waals surface area contributed by atoms with Gasteiger partial charge in [0.2, 0.25) is 10.0 Å². The van der Waals surface area contributed by atoms with Crippen LogP contribution in [0.2, 0.25) is 0 Å². The molecule has 2 aliphatic rings. The van der Waals surface area contributed by atoms with Crippen LogP contribution in [0.1, 0.15) is 18.4 Å². The van der Waals surface area contributed by atoms with E-state index in [9.17, 15) is 8.42 Å². The van der Waals surface area contributed by atoms with Gasteiger partial charge in [0.25, 0.3) is 0 Å². The number of morpholine rings is 1. The molecule has 2 heterocycles. The summed E-state index contributed by atoms with van der Waals surface area (Å²) in [5.74, 6) is 0. The Labute approximate surface area is 113 Å². The molecule has 2 N–H and O–H groups in total. The van der Waals surface area contributed by atoms with Crippen molar-refractivity contribution in [2.24, 2.45) is 5.73 Å². The average molecular weight is 282 g/mol. The fourth-order valence-electron chi connectivity index (χ4n) is 2.72. The first-order valence-electron chi connectivity index (χ1n) is 6.54. The van der Waals surface area contributed by atoms with Crippen LogP contribution < -0.4 is 5.73 Å². The molecule has 0 radical (unpaired) electrons. The highest BCUT2D eigenvalue weighted by atomic mass is 32.2. The second-order valence-corrected chi connectivity index (χ2v) is 7.07. The lowest BCUT2D eigenvalue weighted by Crippen LogP contribution is -2.45. The van der Waals surface area contributed by atoms with Gasteiger partial charge in [-0.25, -0.2) is 8.42 Å². The van der Waals surface area contributed by atoms with Crippen LogP contribution in [0, 0.1) is 0 Å². The summed E-state index contributed by atoms with van der Waals surface area (Å²) in [6.07, 6.45) is 2.06. The molecule has 0 aliphatic carbocycles. The molecule has 0 unspecified atom stereocenters. The summed E-state index contributed by atoms with van der Waals surface area (Å²) in [6, 6.07) is 6.80. The van der Waals surface area contributed by atoms with E-state index in [4.69, 9.17) is 10.5 Å². The normalized spacial score (nSPS) is 27.6. The Hall–Kier alpha value is -0.950. The van der Waals surface area contributed by atoms with Crippen LogP contribution in [-0.2, 0) is 21.3 Å². The number of fused-ring (bicyclic) bond motifs is 2. The number of hydrogen-bond acceptors (Lipinski definition) is 4. The fraction of sp³-hybridized carbons (Fsp3) is 0.538. The first-order valence-corrected chi connectivity index (χ1v) is 7.98. The minimum Gasteiger partial charge on any atom is -0.372 e. The Morgan fingerprint density at radius 3 is 2.26 bits per heavy atom. The van der Waals surface area contributed by atoms with Crippen LogP contribution in [0.4, 0.5) is 0 Å². The van der Waals surface area contributed by atoms with E-state index in [-0.39, 0.29) is 12.2 Å². The predicted octanol–water partition coefficient (Wildman–Crippen LogP) is 0.697. The molecule has 2 fully saturated rings. The number of hydrogen-bond donors (Lipinski definition) is 1. The molecule has 5 nitrogen and oxygen atoms in total. The van der Waals surface area contributed by atoms with Crippen LogP contribution in [0.25, 0.3) is 0 Å². The lowest BCUT2D eigenvalue weighted by atomic mass is 10.2. The Kier molecular flexibility index (Phi) is 3.34. The number of ether oxygens (including phenoxy) is 1. The standard InChI is InChI=1S/C13H18N2O3S/c14-7-10-1-5-13(6-2-10)19(16,17)15-8-11-3-4-12(9-15)18-11/h1-2,5-6,11-12H,3-4,7-9,14H2/t11-,12+. The van der Waals surface area contributed by atoms with E-state index in [1.54, 1.807) is 28.6 Å². The van der Waals surface area contributed by atoms with E-state index in [2.05, 4.69) is 0 Å². The zero-order valence-electron chi connectivity index (χ0n) is 10.7. The molecule has 0 amide bonds. The molecule has 2 aliphatic heterocycles. The molecule has 104 valence electrons. The Balaban J connectivity index is 1.85. The second kappa shape index (κ2) is 4.86. The topological polar surface area (TPSA) is 72.6 Å². The summed E-state index contributed by atoms with van der Waals surface area (Å²) < 4.78 is 32.3. The maximum atomic E-state index is 12.5. The van der Waals surface area contributed by atoms with Crippen molar-refractivity contribution in [2.75, 3.05) is 13.1 Å². The number of sulfonamides is 1. The van der Waals surface area contributed by atoms with Gasteiger partial charge in [0, 0.05) is 19.6 Å². The van der Waals surface area contributed by atoms with Gasteiger partial charge in [-0.05, 0) is 30.5 Å². The van der Waals surface area contributed by atoms with E-state index in [1.165, 1.54) is 0 Å². The number of nitrogens with two attached hydrogens (primary N) is 1. The molecule has 0 spiro atoms. The van der Waals surface area contributed by atoms with E-state index < -0.39 is 10.0 Å². The quantitative estimate of drug-likeness (QED) is 0.885. The SMILES string of the molecule is NCc1ccc(S(=O)(=O)N2C[C@H]3CC[C@@H](C2)O3)cc1. The van der Waals surface area contributed by atoms with Crippen molar-refractivity contribution in [1.82, 2.24) is 4.31 Å². The summed E-state index contributed by atoms with van der Waals surface area (Å²) in [5.41, 5.74) is 6.45. The van der Waals surface area contributed by atoms with Crippen molar-refractivity contribution in [2.45, 2.75) is 36.5 Å². The summed E-state index contributed by atoms with van der Waals surface area (Å²) in [5, 5.41) is 0. The van der Waals surface area contributed by atoms with Crippen molar-refractivity contribution in [3.8, 4) is 0 Å². The number of rotatable bonds is 3. The van der Waals surface area contributed by atoms with Crippen molar-refractivity contribution in [1.29, 1.82) is 0 Å². The van der Waals surface area contributed by atoms with Gasteiger partial charge in [-0.15, -0.1) is 0 Å². The molecule has 2 saturated heterocycles. The molecule has 3 rings (SSSR count). The predicted molar refractivity (Wildman–Crippen MR) is 71.0 cm³/mol. The molecule has 19 heavy (non-hydrogen) atoms. The molecular formula is C13H18N2O3S. The van der Waals surface area contributed by atoms with Gasteiger partial charge in [-0.2, -0.15) is 4.31 Å². The Morgan fingerprint density at radius 2 is 1.74 bits per heavy atom. The van der Waals surface area contributed by atoms with Gasteiger partial charge in [0.15, 0.2) is 0 Å². The second-order valence-electron chi connectivity index (χ2n) is 5.13. The van der Waals surface area contributed by atoms with Gasteiger partial charge in [-0.1, -0.05) is 12.1 Å². The first kappa shape index (κ1) is 13.1. The van der Waals surface area contributed by atoms with E-state index in [0.717, 1.165) is 18.4 Å². The van der Waals surface area contributed by atoms with Gasteiger partial charge in [-0.3, -0.25) is 0 Å². The van der Waals surface area contributed by atoms with E-state index in [0.29, 0.717) is 24.5 Å². The molecule has 1 aromatic rings. The maximum Gasteiger partial charge on any atom is 0.243 e. The lowest BCUT2D eigenvalue weighted by molar-refractivity contribution is -0.0114. The maximum absolute atomic E-state index is 12.5. The summed E-state index contributed by atoms with van der Waals surface area (Å²) in [4.78, 5) is 0.339. The van der Waals surface area contributed by atoms with Crippen LogP contribution in [0.3, 0.4) is 0 Å². The highest BCUT2D eigenvalue weighted by molar-refractivity contribution is 7.89. The number of nitrogens with zero attached hydrogens (tertiary/aromatic N) is 1. The highest BCUT2D eigenvalue weighted by Gasteiger charge is 2.39. The monoisotopic (exact) mass is 282 g/mol. The van der Waals surface area contributed by atoms with E-state index >= 15 is 0 Å². The summed E-state index contributed by atoms with van der Waals surface area (Å²) >= 11 is 0. The third kappa shape index (κ3) is 2.41. The van der Waals surface area contributed by atoms with Crippen molar-refractivity contribution in [3.63, 3.8) is 0 Å². The first-order chi connectivity index (χ1) is 9.09. The Bertz CT molecular complexity index is 544.